The molecular weight excluding hydrogens is 525 g/mol. The van der Waals surface area contributed by atoms with Crippen LogP contribution in [0.25, 0.3) is 10.9 Å². The quantitative estimate of drug-likeness (QED) is 0.466. The first kappa shape index (κ1) is 26.1. The Bertz CT molecular complexity index is 1510. The molecule has 5 rings (SSSR count). The van der Waals surface area contributed by atoms with Crippen LogP contribution < -0.4 is 5.32 Å². The van der Waals surface area contributed by atoms with Crippen molar-refractivity contribution < 1.29 is 14.4 Å². The number of nitrogens with one attached hydrogen (secondary N) is 2. The molecule has 1 saturated heterocycles. The Labute approximate surface area is 230 Å². The van der Waals surface area contributed by atoms with E-state index in [0.717, 1.165) is 5.56 Å². The molecule has 0 bridgehead atoms. The van der Waals surface area contributed by atoms with Crippen LogP contribution in [-0.2, 0) is 15.0 Å². The van der Waals surface area contributed by atoms with E-state index in [0.29, 0.717) is 33.1 Å². The van der Waals surface area contributed by atoms with Gasteiger partial charge in [0.25, 0.3) is 5.91 Å². The van der Waals surface area contributed by atoms with Crippen molar-refractivity contribution in [1.29, 1.82) is 5.26 Å². The van der Waals surface area contributed by atoms with Gasteiger partial charge in [-0.3, -0.25) is 14.4 Å². The zero-order valence-corrected chi connectivity index (χ0v) is 22.7. The van der Waals surface area contributed by atoms with Crippen LogP contribution in [0.4, 0.5) is 5.69 Å². The Morgan fingerprint density at radius 1 is 1.24 bits per heavy atom. The molecular formula is C28H27Cl2N5O3. The number of fused-ring (bicyclic) bond motifs is 3. The number of likely N-dealkylation sites (N-methyl/N-ethyl adjacent to an activating group) is 1. The molecule has 0 saturated carbocycles. The second kappa shape index (κ2) is 9.64. The van der Waals surface area contributed by atoms with E-state index in [2.05, 4.69) is 16.4 Å². The highest BCUT2D eigenvalue weighted by Crippen LogP contribution is 2.46. The number of rotatable bonds is 5. The van der Waals surface area contributed by atoms with Crippen LogP contribution >= 0.6 is 23.2 Å². The lowest BCUT2D eigenvalue weighted by Crippen LogP contribution is -2.52. The average Bonchev–Trinajstić information content (AvgIpc) is 3.58. The Morgan fingerprint density at radius 3 is 2.68 bits per heavy atom. The van der Waals surface area contributed by atoms with Crippen LogP contribution in [0, 0.1) is 17.2 Å². The van der Waals surface area contributed by atoms with Crippen molar-refractivity contribution in [1.82, 2.24) is 14.8 Å². The highest BCUT2D eigenvalue weighted by atomic mass is 35.5. The number of hydrogen-bond donors (Lipinski definition) is 2. The summed E-state index contributed by atoms with van der Waals surface area (Å²) < 4.78 is 0. The van der Waals surface area contributed by atoms with Gasteiger partial charge in [-0.2, -0.15) is 5.26 Å². The number of H-pyrrole nitrogens is 1. The number of aromatic amines is 1. The van der Waals surface area contributed by atoms with E-state index < -0.39 is 23.4 Å². The number of likely N-dealkylation sites (tertiary alicyclic amines) is 1. The SMILES string of the molecule is CC(C)C[C@@H](C(=O)N1C[C@]2(CC1C#N)C(=O)Nc1ccccc12)N(C)C(=O)c1cc2c(Cl)c(Cl)ccc2[nH]1. The molecule has 2 aliphatic heterocycles. The van der Waals surface area contributed by atoms with Gasteiger partial charge in [-0.1, -0.05) is 55.2 Å². The highest BCUT2D eigenvalue weighted by molar-refractivity contribution is 6.45. The Hall–Kier alpha value is -3.54. The van der Waals surface area contributed by atoms with Crippen molar-refractivity contribution >= 4 is 57.5 Å². The van der Waals surface area contributed by atoms with Gasteiger partial charge in [-0.15, -0.1) is 0 Å². The van der Waals surface area contributed by atoms with Gasteiger partial charge < -0.3 is 20.1 Å². The number of amides is 3. The molecule has 3 amide bonds. The number of nitriles is 1. The van der Waals surface area contributed by atoms with E-state index in [-0.39, 0.29) is 36.4 Å². The first-order valence-corrected chi connectivity index (χ1v) is 13.2. The molecule has 1 aromatic heterocycles. The number of hydrogen-bond acceptors (Lipinski definition) is 4. The van der Waals surface area contributed by atoms with E-state index in [1.165, 1.54) is 9.80 Å². The van der Waals surface area contributed by atoms with Gasteiger partial charge in [0, 0.05) is 36.6 Å². The molecule has 10 heteroatoms. The summed E-state index contributed by atoms with van der Waals surface area (Å²) in [6.45, 7) is 4.01. The monoisotopic (exact) mass is 551 g/mol. The van der Waals surface area contributed by atoms with Gasteiger partial charge >= 0.3 is 0 Å². The van der Waals surface area contributed by atoms with Crippen molar-refractivity contribution in [2.75, 3.05) is 18.9 Å². The smallest absolute Gasteiger partial charge is 0.270 e. The maximum atomic E-state index is 14.1. The molecule has 38 heavy (non-hydrogen) atoms. The number of anilines is 1. The zero-order valence-electron chi connectivity index (χ0n) is 21.2. The van der Waals surface area contributed by atoms with E-state index in [4.69, 9.17) is 23.2 Å². The number of nitrogens with zero attached hydrogens (tertiary/aromatic N) is 3. The molecule has 2 aromatic carbocycles. The third kappa shape index (κ3) is 4.11. The molecule has 196 valence electrons. The predicted octanol–water partition coefficient (Wildman–Crippen LogP) is 4.98. The summed E-state index contributed by atoms with van der Waals surface area (Å²) in [5.41, 5.74) is 1.42. The molecule has 0 radical (unpaired) electrons. The van der Waals surface area contributed by atoms with Gasteiger partial charge in [0.1, 0.15) is 17.8 Å². The van der Waals surface area contributed by atoms with Crippen LogP contribution in [0.3, 0.4) is 0 Å². The van der Waals surface area contributed by atoms with Crippen molar-refractivity contribution in [3.05, 3.63) is 63.8 Å². The van der Waals surface area contributed by atoms with Crippen molar-refractivity contribution in [3.63, 3.8) is 0 Å². The lowest BCUT2D eigenvalue weighted by Gasteiger charge is -2.33. The fourth-order valence-corrected chi connectivity index (χ4v) is 6.02. The fraction of sp³-hybridized carbons (Fsp3) is 0.357. The lowest BCUT2D eigenvalue weighted by atomic mass is 9.80. The second-order valence-electron chi connectivity index (χ2n) is 10.5. The molecule has 2 N–H and O–H groups in total. The molecule has 3 atom stereocenters. The van der Waals surface area contributed by atoms with Gasteiger partial charge in [-0.25, -0.2) is 0 Å². The standard InChI is InChI=1S/C28H27Cl2N5O3/c1-15(2)10-23(34(3)25(36)22-11-17-20(32-22)9-8-19(29)24(17)30)26(37)35-14-28(12-16(35)13-31)18-6-4-5-7-21(18)33-27(28)38/h4-9,11,15-16,23,32H,10,12,14H2,1-3H3,(H,33,38)/t16?,23-,28-/m0/s1. The summed E-state index contributed by atoms with van der Waals surface area (Å²) in [5.74, 6) is -0.874. The minimum atomic E-state index is -0.995. The van der Waals surface area contributed by atoms with Crippen LogP contribution in [-0.4, -0.2) is 58.2 Å². The van der Waals surface area contributed by atoms with Crippen LogP contribution in [0.1, 0.15) is 42.7 Å². The van der Waals surface area contributed by atoms with Gasteiger partial charge in [0.2, 0.25) is 11.8 Å². The number of para-hydroxylation sites is 1. The van der Waals surface area contributed by atoms with Gasteiger partial charge in [-0.05, 0) is 42.2 Å². The number of aromatic nitrogens is 1. The first-order valence-electron chi connectivity index (χ1n) is 12.4. The maximum absolute atomic E-state index is 14.1. The molecule has 8 nitrogen and oxygen atoms in total. The maximum Gasteiger partial charge on any atom is 0.270 e. The minimum Gasteiger partial charge on any atom is -0.350 e. The third-order valence-electron chi connectivity index (χ3n) is 7.60. The molecule has 1 unspecified atom stereocenters. The molecule has 0 aliphatic carbocycles. The van der Waals surface area contributed by atoms with E-state index in [1.54, 1.807) is 25.2 Å². The average molecular weight is 552 g/mol. The van der Waals surface area contributed by atoms with E-state index >= 15 is 0 Å². The summed E-state index contributed by atoms with van der Waals surface area (Å²) in [7, 11) is 1.58. The topological polar surface area (TPSA) is 109 Å². The minimum absolute atomic E-state index is 0.0734. The fourth-order valence-electron chi connectivity index (χ4n) is 5.64. The molecule has 3 aromatic rings. The van der Waals surface area contributed by atoms with E-state index in [1.807, 2.05) is 38.1 Å². The van der Waals surface area contributed by atoms with Gasteiger partial charge in [0.05, 0.1) is 21.5 Å². The van der Waals surface area contributed by atoms with Crippen molar-refractivity contribution in [2.24, 2.45) is 5.92 Å². The summed E-state index contributed by atoms with van der Waals surface area (Å²) in [6.07, 6.45) is 0.587. The molecule has 3 heterocycles. The Morgan fingerprint density at radius 2 is 1.97 bits per heavy atom. The lowest BCUT2D eigenvalue weighted by molar-refractivity contribution is -0.136. The third-order valence-corrected chi connectivity index (χ3v) is 8.42. The van der Waals surface area contributed by atoms with Crippen LogP contribution in [0.5, 0.6) is 0 Å². The van der Waals surface area contributed by atoms with Crippen molar-refractivity contribution in [2.45, 2.75) is 44.2 Å². The summed E-state index contributed by atoms with van der Waals surface area (Å²) in [6, 6.07) is 13.0. The number of halogens is 2. The van der Waals surface area contributed by atoms with Crippen molar-refractivity contribution in [3.8, 4) is 6.07 Å². The summed E-state index contributed by atoms with van der Waals surface area (Å²) in [5, 5.41) is 14.2. The van der Waals surface area contributed by atoms with Crippen LogP contribution in [0.15, 0.2) is 42.5 Å². The Balaban J connectivity index is 1.46. The molecule has 1 spiro atoms. The molecule has 1 fully saturated rings. The van der Waals surface area contributed by atoms with Crippen LogP contribution in [0.2, 0.25) is 10.0 Å². The Kier molecular flexibility index (Phi) is 6.62. The number of carbonyl (C=O) groups excluding carboxylic acids is 3. The first-order chi connectivity index (χ1) is 18.1. The molecule has 2 aliphatic rings. The second-order valence-corrected chi connectivity index (χ2v) is 11.2. The highest BCUT2D eigenvalue weighted by Gasteiger charge is 2.56. The predicted molar refractivity (Wildman–Crippen MR) is 146 cm³/mol. The summed E-state index contributed by atoms with van der Waals surface area (Å²) in [4.78, 5) is 46.7. The number of carbonyl (C=O) groups is 3. The normalized spacial score (nSPS) is 21.0. The van der Waals surface area contributed by atoms with Gasteiger partial charge in [0.15, 0.2) is 0 Å². The number of benzene rings is 2. The van der Waals surface area contributed by atoms with E-state index in [9.17, 15) is 19.6 Å². The summed E-state index contributed by atoms with van der Waals surface area (Å²) >= 11 is 12.5. The zero-order chi connectivity index (χ0) is 27.4. The largest absolute Gasteiger partial charge is 0.350 e.